The summed E-state index contributed by atoms with van der Waals surface area (Å²) in [6, 6.07) is 8.79. The molecular weight excluding hydrogens is 259 g/mol. The summed E-state index contributed by atoms with van der Waals surface area (Å²) in [6.07, 6.45) is 8.72. The van der Waals surface area contributed by atoms with Gasteiger partial charge in [0.1, 0.15) is 0 Å². The molecule has 2 unspecified atom stereocenters. The van der Waals surface area contributed by atoms with Crippen molar-refractivity contribution in [2.75, 3.05) is 0 Å². The first kappa shape index (κ1) is 11.3. The van der Waals surface area contributed by atoms with Crippen LogP contribution in [0.3, 0.4) is 0 Å². The van der Waals surface area contributed by atoms with E-state index in [0.29, 0.717) is 5.92 Å². The number of fused-ring (bicyclic) bond motifs is 1. The minimum absolute atomic E-state index is 0.691. The molecule has 15 heavy (non-hydrogen) atoms. The first-order valence-electron chi connectivity index (χ1n) is 5.79. The Morgan fingerprint density at radius 2 is 2.13 bits per heavy atom. The molecule has 1 aliphatic rings. The van der Waals surface area contributed by atoms with Gasteiger partial charge in [-0.1, -0.05) is 0 Å². The van der Waals surface area contributed by atoms with Gasteiger partial charge in [0, 0.05) is 0 Å². The second-order valence-corrected chi connectivity index (χ2v) is 6.28. The molecule has 0 nitrogen and oxygen atoms in total. The van der Waals surface area contributed by atoms with E-state index in [4.69, 9.17) is 0 Å². The molecule has 0 heterocycles. The van der Waals surface area contributed by atoms with Crippen LogP contribution >= 0.6 is 0 Å². The maximum atomic E-state index is 2.38. The van der Waals surface area contributed by atoms with Crippen LogP contribution in [-0.2, 0) is 24.7 Å². The molecule has 1 heteroatoms. The molecule has 0 radical (unpaired) electrons. The van der Waals surface area contributed by atoms with Gasteiger partial charge in [-0.25, -0.2) is 0 Å². The van der Waals surface area contributed by atoms with Crippen LogP contribution in [0.25, 0.3) is 6.08 Å². The van der Waals surface area contributed by atoms with Crippen LogP contribution in [0.2, 0.25) is 3.63 Å². The summed E-state index contributed by atoms with van der Waals surface area (Å²) >= 11 is 1.70. The predicted octanol–water partition coefficient (Wildman–Crippen LogP) is 4.32. The van der Waals surface area contributed by atoms with Crippen molar-refractivity contribution in [3.63, 3.8) is 0 Å². The molecule has 2 atom stereocenters. The van der Waals surface area contributed by atoms with Gasteiger partial charge >= 0.3 is 108 Å². The van der Waals surface area contributed by atoms with Gasteiger partial charge < -0.3 is 0 Å². The van der Waals surface area contributed by atoms with Gasteiger partial charge in [0.25, 0.3) is 0 Å². The summed E-state index contributed by atoms with van der Waals surface area (Å²) in [5.41, 5.74) is 2.97. The molecule has 0 amide bonds. The monoisotopic (exact) mass is 275 g/mol. The number of allylic oxidation sites excluding steroid dienone is 1. The Morgan fingerprint density at radius 3 is 2.93 bits per heavy atom. The fourth-order valence-electron chi connectivity index (χ4n) is 2.16. The van der Waals surface area contributed by atoms with Crippen molar-refractivity contribution in [3.8, 4) is 0 Å². The van der Waals surface area contributed by atoms with E-state index in [1.807, 2.05) is 0 Å². The average Bonchev–Trinajstić information content (AvgIpc) is 2.69. The quantitative estimate of drug-likeness (QED) is 0.768. The van der Waals surface area contributed by atoms with Gasteiger partial charge in [-0.15, -0.1) is 0 Å². The van der Waals surface area contributed by atoms with Crippen molar-refractivity contribution in [1.82, 2.24) is 0 Å². The summed E-state index contributed by atoms with van der Waals surface area (Å²) < 4.78 is 0.957. The van der Waals surface area contributed by atoms with Crippen molar-refractivity contribution in [3.05, 3.63) is 41.5 Å². The zero-order valence-corrected chi connectivity index (χ0v) is 11.7. The molecule has 0 saturated carbocycles. The molecule has 77 valence electrons. The van der Waals surface area contributed by atoms with Crippen molar-refractivity contribution in [2.45, 2.75) is 35.7 Å². The molecule has 0 saturated heterocycles. The van der Waals surface area contributed by atoms with Crippen LogP contribution in [0.1, 0.15) is 43.2 Å². The fraction of sp³-hybridized carbons (Fsp3) is 0.429. The number of hydrogen-bond acceptors (Lipinski definition) is 0. The Morgan fingerprint density at radius 1 is 1.33 bits per heavy atom. The summed E-state index contributed by atoms with van der Waals surface area (Å²) in [7, 11) is 0. The Labute approximate surface area is 108 Å². The Balaban J connectivity index is 1.99. The first-order valence-corrected chi connectivity index (χ1v) is 7.21. The third kappa shape index (κ3) is 2.69. The van der Waals surface area contributed by atoms with E-state index >= 15 is 0 Å². The minimum atomic E-state index is 0.691. The summed E-state index contributed by atoms with van der Waals surface area (Å²) in [5, 5.41) is 0. The Kier molecular flexibility index (Phi) is 3.97. The average molecular weight is 277 g/mol. The molecule has 1 aromatic carbocycles. The standard InChI is InChI=1S/C14H17.Zr/c1-2-3-4-7-12-10-11-13-8-5-6-9-14(12)13;/h3,5-6,8-12H,2,4,7H2,1H3;. The van der Waals surface area contributed by atoms with Crippen LogP contribution in [0.15, 0.2) is 30.3 Å². The molecule has 1 aliphatic carbocycles. The topological polar surface area (TPSA) is 0 Å². The molecule has 0 spiro atoms. The van der Waals surface area contributed by atoms with E-state index in [1.165, 1.54) is 30.4 Å². The molecule has 1 aromatic rings. The van der Waals surface area contributed by atoms with Gasteiger partial charge in [0.2, 0.25) is 0 Å². The molecule has 0 bridgehead atoms. The second-order valence-electron chi connectivity index (χ2n) is 4.28. The van der Waals surface area contributed by atoms with Crippen LogP contribution in [0, 0.1) is 0 Å². The van der Waals surface area contributed by atoms with Crippen LogP contribution in [0.4, 0.5) is 0 Å². The van der Waals surface area contributed by atoms with Crippen molar-refractivity contribution < 1.29 is 24.7 Å². The summed E-state index contributed by atoms with van der Waals surface area (Å²) in [5.74, 6) is 0.691. The van der Waals surface area contributed by atoms with E-state index in [2.05, 4.69) is 43.3 Å². The normalized spacial score (nSPS) is 20.1. The van der Waals surface area contributed by atoms with Gasteiger partial charge in [0.15, 0.2) is 0 Å². The third-order valence-corrected chi connectivity index (χ3v) is 4.94. The molecular formula is C14H17Zr. The van der Waals surface area contributed by atoms with E-state index < -0.39 is 0 Å². The van der Waals surface area contributed by atoms with E-state index in [9.17, 15) is 0 Å². The Hall–Kier alpha value is -0.157. The maximum absolute atomic E-state index is 2.38. The first-order chi connectivity index (χ1) is 7.31. The van der Waals surface area contributed by atoms with E-state index in [1.54, 1.807) is 24.7 Å². The third-order valence-electron chi connectivity index (χ3n) is 3.22. The molecule has 0 N–H and O–H groups in total. The molecule has 0 aromatic heterocycles. The Bertz CT molecular complexity index is 354. The number of rotatable bonds is 4. The molecule has 0 fully saturated rings. The second kappa shape index (κ2) is 5.26. The van der Waals surface area contributed by atoms with E-state index in [0.717, 1.165) is 3.63 Å². The van der Waals surface area contributed by atoms with Gasteiger partial charge in [0.05, 0.1) is 0 Å². The zero-order chi connectivity index (χ0) is 10.7. The van der Waals surface area contributed by atoms with Crippen molar-refractivity contribution in [1.29, 1.82) is 0 Å². The number of hydrogen-bond donors (Lipinski definition) is 0. The van der Waals surface area contributed by atoms with Crippen molar-refractivity contribution in [2.24, 2.45) is 0 Å². The van der Waals surface area contributed by atoms with Crippen LogP contribution < -0.4 is 0 Å². The summed E-state index contributed by atoms with van der Waals surface area (Å²) in [4.78, 5) is 0. The molecule has 0 aliphatic heterocycles. The fourth-order valence-corrected chi connectivity index (χ4v) is 2.57. The van der Waals surface area contributed by atoms with Gasteiger partial charge in [-0.05, 0) is 0 Å². The zero-order valence-electron chi connectivity index (χ0n) is 9.24. The molecule has 2 rings (SSSR count). The van der Waals surface area contributed by atoms with Crippen molar-refractivity contribution >= 4 is 6.08 Å². The SMILES string of the molecule is CC[CH]([Zr])CCC1C=Cc2ccccc21. The van der Waals surface area contributed by atoms with E-state index in [-0.39, 0.29) is 0 Å². The number of benzene rings is 1. The van der Waals surface area contributed by atoms with Crippen LogP contribution in [-0.4, -0.2) is 0 Å². The van der Waals surface area contributed by atoms with Gasteiger partial charge in [-0.3, -0.25) is 0 Å². The van der Waals surface area contributed by atoms with Gasteiger partial charge in [-0.2, -0.15) is 0 Å². The summed E-state index contributed by atoms with van der Waals surface area (Å²) in [6.45, 7) is 2.30. The van der Waals surface area contributed by atoms with Crippen LogP contribution in [0.5, 0.6) is 0 Å². The predicted molar refractivity (Wildman–Crippen MR) is 61.5 cm³/mol.